The number of hydrogen-bond donors (Lipinski definition) is 1. The summed E-state index contributed by atoms with van der Waals surface area (Å²) in [6, 6.07) is 22.3. The Hall–Kier alpha value is -3.73. The molecular formula is C25H21NO4. The Bertz CT molecular complexity index is 1080. The van der Waals surface area contributed by atoms with E-state index < -0.39 is 6.09 Å². The highest BCUT2D eigenvalue weighted by Crippen LogP contribution is 2.44. The van der Waals surface area contributed by atoms with Gasteiger partial charge in [0.2, 0.25) is 6.79 Å². The predicted molar refractivity (Wildman–Crippen MR) is 115 cm³/mol. The van der Waals surface area contributed by atoms with Gasteiger partial charge in [-0.15, -0.1) is 0 Å². The average Bonchev–Trinajstić information content (AvgIpc) is 3.39. The van der Waals surface area contributed by atoms with Crippen LogP contribution in [-0.4, -0.2) is 26.0 Å². The summed E-state index contributed by atoms with van der Waals surface area (Å²) in [6.07, 6.45) is 3.33. The van der Waals surface area contributed by atoms with Gasteiger partial charge < -0.3 is 19.5 Å². The zero-order valence-corrected chi connectivity index (χ0v) is 16.3. The second-order valence-corrected chi connectivity index (χ2v) is 7.19. The van der Waals surface area contributed by atoms with Crippen LogP contribution in [0.1, 0.15) is 22.6 Å². The van der Waals surface area contributed by atoms with E-state index in [9.17, 15) is 4.79 Å². The zero-order valence-electron chi connectivity index (χ0n) is 16.3. The van der Waals surface area contributed by atoms with Crippen molar-refractivity contribution in [2.45, 2.75) is 5.92 Å². The quantitative estimate of drug-likeness (QED) is 0.658. The van der Waals surface area contributed by atoms with Crippen LogP contribution in [0, 0.1) is 0 Å². The molecule has 0 bridgehead atoms. The number of amides is 1. The van der Waals surface area contributed by atoms with Crippen LogP contribution < -0.4 is 14.8 Å². The molecule has 5 heteroatoms. The number of hydrogen-bond acceptors (Lipinski definition) is 4. The number of nitrogens with one attached hydrogen (secondary N) is 1. The van der Waals surface area contributed by atoms with Crippen LogP contribution in [0.5, 0.6) is 11.5 Å². The molecule has 0 atom stereocenters. The molecule has 0 unspecified atom stereocenters. The first-order valence-electron chi connectivity index (χ1n) is 9.95. The summed E-state index contributed by atoms with van der Waals surface area (Å²) in [5.41, 5.74) is 5.75. The molecule has 1 amide bonds. The van der Waals surface area contributed by atoms with E-state index in [0.29, 0.717) is 13.2 Å². The maximum Gasteiger partial charge on any atom is 0.407 e. The van der Waals surface area contributed by atoms with Crippen LogP contribution in [0.3, 0.4) is 0 Å². The first-order valence-corrected chi connectivity index (χ1v) is 9.95. The molecule has 30 heavy (non-hydrogen) atoms. The fourth-order valence-electron chi connectivity index (χ4n) is 4.06. The Morgan fingerprint density at radius 2 is 1.70 bits per heavy atom. The standard InChI is InChI=1S/C25H21NO4/c27-25(26-14-6-8-17-7-5-13-23-24(17)30-16-29-23)28-15-22-20-11-3-1-9-18(20)19-10-2-4-12-21(19)22/h1-13,22H,14-16H2,(H,26,27). The SMILES string of the molecule is O=C(NCC=Cc1cccc2c1OCO2)OCC1c2ccccc2-c2ccccc21. The van der Waals surface area contributed by atoms with E-state index in [0.717, 1.165) is 17.1 Å². The molecule has 3 aromatic rings. The van der Waals surface area contributed by atoms with E-state index in [4.69, 9.17) is 14.2 Å². The Balaban J connectivity index is 1.18. The third kappa shape index (κ3) is 3.39. The minimum Gasteiger partial charge on any atom is -0.454 e. The van der Waals surface area contributed by atoms with Crippen LogP contribution in [0.2, 0.25) is 0 Å². The van der Waals surface area contributed by atoms with Crippen LogP contribution >= 0.6 is 0 Å². The zero-order chi connectivity index (χ0) is 20.3. The lowest BCUT2D eigenvalue weighted by Gasteiger charge is -2.14. The van der Waals surface area contributed by atoms with Gasteiger partial charge in [-0.25, -0.2) is 4.79 Å². The summed E-state index contributed by atoms with van der Waals surface area (Å²) in [6.45, 7) is 0.903. The van der Waals surface area contributed by atoms with Crippen molar-refractivity contribution in [3.05, 3.63) is 89.5 Å². The normalized spacial score (nSPS) is 13.9. The van der Waals surface area contributed by atoms with Crippen molar-refractivity contribution < 1.29 is 19.0 Å². The second kappa shape index (κ2) is 7.95. The van der Waals surface area contributed by atoms with E-state index in [1.807, 2.05) is 54.6 Å². The number of benzene rings is 3. The van der Waals surface area contributed by atoms with Gasteiger partial charge in [0.1, 0.15) is 6.61 Å². The number of rotatable bonds is 5. The fraction of sp³-hybridized carbons (Fsp3) is 0.160. The first-order chi connectivity index (χ1) is 14.8. The van der Waals surface area contributed by atoms with Crippen molar-refractivity contribution in [2.24, 2.45) is 0 Å². The fourth-order valence-corrected chi connectivity index (χ4v) is 4.06. The highest BCUT2D eigenvalue weighted by molar-refractivity contribution is 5.79. The lowest BCUT2D eigenvalue weighted by molar-refractivity contribution is 0.144. The van der Waals surface area contributed by atoms with Crippen molar-refractivity contribution in [2.75, 3.05) is 19.9 Å². The van der Waals surface area contributed by atoms with Gasteiger partial charge in [-0.2, -0.15) is 0 Å². The smallest absolute Gasteiger partial charge is 0.407 e. The summed E-state index contributed by atoms with van der Waals surface area (Å²) in [4.78, 5) is 12.2. The average molecular weight is 399 g/mol. The summed E-state index contributed by atoms with van der Waals surface area (Å²) >= 11 is 0. The van der Waals surface area contributed by atoms with Crippen molar-refractivity contribution >= 4 is 12.2 Å². The molecule has 0 radical (unpaired) electrons. The molecule has 1 aliphatic heterocycles. The largest absolute Gasteiger partial charge is 0.454 e. The highest BCUT2D eigenvalue weighted by atomic mass is 16.7. The Kier molecular flexibility index (Phi) is 4.85. The van der Waals surface area contributed by atoms with Gasteiger partial charge in [0.25, 0.3) is 0 Å². The van der Waals surface area contributed by atoms with Crippen LogP contribution in [0.4, 0.5) is 4.79 Å². The lowest BCUT2D eigenvalue weighted by Crippen LogP contribution is -2.26. The molecule has 3 aromatic carbocycles. The lowest BCUT2D eigenvalue weighted by atomic mass is 9.98. The number of para-hydroxylation sites is 1. The Morgan fingerprint density at radius 3 is 2.47 bits per heavy atom. The van der Waals surface area contributed by atoms with Crippen molar-refractivity contribution in [3.63, 3.8) is 0 Å². The van der Waals surface area contributed by atoms with Crippen molar-refractivity contribution in [3.8, 4) is 22.6 Å². The van der Waals surface area contributed by atoms with Gasteiger partial charge in [-0.05, 0) is 28.3 Å². The van der Waals surface area contributed by atoms with Gasteiger partial charge in [-0.3, -0.25) is 0 Å². The number of carbonyl (C=O) groups excluding carboxylic acids is 1. The molecule has 0 saturated carbocycles. The van der Waals surface area contributed by atoms with Gasteiger partial charge in [0, 0.05) is 18.0 Å². The summed E-state index contributed by atoms with van der Waals surface area (Å²) in [7, 11) is 0. The molecule has 1 N–H and O–H groups in total. The first kappa shape index (κ1) is 18.3. The summed E-state index contributed by atoms with van der Waals surface area (Å²) in [5, 5.41) is 2.77. The maximum atomic E-state index is 12.2. The molecule has 1 aliphatic carbocycles. The molecule has 150 valence electrons. The highest BCUT2D eigenvalue weighted by Gasteiger charge is 2.28. The Labute approximate surface area is 174 Å². The van der Waals surface area contributed by atoms with E-state index >= 15 is 0 Å². The van der Waals surface area contributed by atoms with Crippen molar-refractivity contribution in [1.82, 2.24) is 5.32 Å². The minimum atomic E-state index is -0.431. The predicted octanol–water partition coefficient (Wildman–Crippen LogP) is 4.97. The van der Waals surface area contributed by atoms with Gasteiger partial charge in [0.05, 0.1) is 0 Å². The third-order valence-electron chi connectivity index (χ3n) is 5.43. The minimum absolute atomic E-state index is 0.0581. The monoisotopic (exact) mass is 399 g/mol. The van der Waals surface area contributed by atoms with E-state index in [-0.39, 0.29) is 12.7 Å². The topological polar surface area (TPSA) is 56.8 Å². The second-order valence-electron chi connectivity index (χ2n) is 7.19. The molecule has 0 fully saturated rings. The third-order valence-corrected chi connectivity index (χ3v) is 5.43. The molecule has 0 spiro atoms. The number of fused-ring (bicyclic) bond motifs is 4. The summed E-state index contributed by atoms with van der Waals surface area (Å²) in [5.74, 6) is 1.53. The molecule has 1 heterocycles. The number of ether oxygens (including phenoxy) is 3. The van der Waals surface area contributed by atoms with E-state index in [1.54, 1.807) is 0 Å². The van der Waals surface area contributed by atoms with Crippen LogP contribution in [-0.2, 0) is 4.74 Å². The van der Waals surface area contributed by atoms with Gasteiger partial charge >= 0.3 is 6.09 Å². The van der Waals surface area contributed by atoms with E-state index in [1.165, 1.54) is 22.3 Å². The van der Waals surface area contributed by atoms with Crippen LogP contribution in [0.25, 0.3) is 17.2 Å². The van der Waals surface area contributed by atoms with Gasteiger partial charge in [-0.1, -0.05) is 72.8 Å². The van der Waals surface area contributed by atoms with Crippen LogP contribution in [0.15, 0.2) is 72.8 Å². The molecule has 0 saturated heterocycles. The Morgan fingerprint density at radius 1 is 0.967 bits per heavy atom. The molecular weight excluding hydrogens is 378 g/mol. The van der Waals surface area contributed by atoms with E-state index in [2.05, 4.69) is 29.6 Å². The molecule has 2 aliphatic rings. The molecule has 5 nitrogen and oxygen atoms in total. The number of alkyl carbamates (subject to hydrolysis) is 1. The molecule has 0 aromatic heterocycles. The van der Waals surface area contributed by atoms with Gasteiger partial charge in [0.15, 0.2) is 11.5 Å². The summed E-state index contributed by atoms with van der Waals surface area (Å²) < 4.78 is 16.4. The number of carbonyl (C=O) groups is 1. The maximum absolute atomic E-state index is 12.2. The molecule has 5 rings (SSSR count). The van der Waals surface area contributed by atoms with Crippen molar-refractivity contribution in [1.29, 1.82) is 0 Å².